The van der Waals surface area contributed by atoms with E-state index in [4.69, 9.17) is 4.52 Å². The van der Waals surface area contributed by atoms with Crippen LogP contribution in [0.25, 0.3) is 0 Å². The lowest BCUT2D eigenvalue weighted by molar-refractivity contribution is 0.336. The first-order chi connectivity index (χ1) is 7.07. The summed E-state index contributed by atoms with van der Waals surface area (Å²) in [5.74, 6) is 0. The first-order valence-electron chi connectivity index (χ1n) is 4.92. The van der Waals surface area contributed by atoms with Crippen molar-refractivity contribution in [1.29, 1.82) is 0 Å². The Labute approximate surface area is 99.6 Å². The molecule has 0 aliphatic heterocycles. The molecule has 0 aromatic heterocycles. The first kappa shape index (κ1) is 13.0. The van der Waals surface area contributed by atoms with Gasteiger partial charge < -0.3 is 4.52 Å². The van der Waals surface area contributed by atoms with Crippen molar-refractivity contribution in [2.75, 3.05) is 13.3 Å². The molecule has 2 nitrogen and oxygen atoms in total. The molecule has 0 saturated carbocycles. The number of rotatable bonds is 5. The van der Waals surface area contributed by atoms with Gasteiger partial charge in [0.15, 0.2) is 0 Å². The second kappa shape index (κ2) is 5.83. The van der Waals surface area contributed by atoms with Crippen LogP contribution in [0.3, 0.4) is 0 Å². The molecule has 0 fully saturated rings. The number of alkyl halides is 1. The fourth-order valence-corrected chi connectivity index (χ4v) is 3.31. The minimum Gasteiger partial charge on any atom is -0.329 e. The molecule has 0 aliphatic rings. The molecule has 0 bridgehead atoms. The van der Waals surface area contributed by atoms with Gasteiger partial charge in [0.2, 0.25) is 7.37 Å². The van der Waals surface area contributed by atoms with E-state index in [1.54, 1.807) is 6.66 Å². The average molecular weight is 291 g/mol. The van der Waals surface area contributed by atoms with Crippen LogP contribution in [0.2, 0.25) is 0 Å². The van der Waals surface area contributed by atoms with Crippen LogP contribution < -0.4 is 0 Å². The van der Waals surface area contributed by atoms with Crippen LogP contribution in [0.4, 0.5) is 0 Å². The molecule has 1 aromatic rings. The van der Waals surface area contributed by atoms with Gasteiger partial charge in [0.05, 0.1) is 6.61 Å². The zero-order valence-electron chi connectivity index (χ0n) is 9.07. The Kier molecular flexibility index (Phi) is 5.04. The van der Waals surface area contributed by atoms with Crippen molar-refractivity contribution >= 4 is 23.3 Å². The summed E-state index contributed by atoms with van der Waals surface area (Å²) in [4.78, 5) is 0. The summed E-state index contributed by atoms with van der Waals surface area (Å²) in [5, 5.41) is 0.823. The minimum atomic E-state index is -2.46. The number of benzene rings is 1. The molecule has 1 rings (SSSR count). The van der Waals surface area contributed by atoms with Gasteiger partial charge in [-0.05, 0) is 18.1 Å². The van der Waals surface area contributed by atoms with Gasteiger partial charge in [0, 0.05) is 18.2 Å². The van der Waals surface area contributed by atoms with Gasteiger partial charge in [-0.3, -0.25) is 4.57 Å². The monoisotopic (exact) mass is 290 g/mol. The van der Waals surface area contributed by atoms with E-state index in [1.807, 2.05) is 25.1 Å². The van der Waals surface area contributed by atoms with Crippen molar-refractivity contribution in [3.05, 3.63) is 35.4 Å². The van der Waals surface area contributed by atoms with E-state index in [2.05, 4.69) is 22.0 Å². The first-order valence-corrected chi connectivity index (χ1v) is 8.30. The highest BCUT2D eigenvalue weighted by Gasteiger charge is 2.15. The van der Waals surface area contributed by atoms with E-state index in [0.717, 1.165) is 10.9 Å². The van der Waals surface area contributed by atoms with Crippen LogP contribution in [0.1, 0.15) is 18.1 Å². The van der Waals surface area contributed by atoms with Gasteiger partial charge in [-0.15, -0.1) is 0 Å². The van der Waals surface area contributed by atoms with Crippen molar-refractivity contribution in [2.45, 2.75) is 18.4 Å². The normalized spacial score (nSPS) is 14.9. The second-order valence-corrected chi connectivity index (χ2v) is 6.71. The summed E-state index contributed by atoms with van der Waals surface area (Å²) in [6.07, 6.45) is 0.516. The SMILES string of the molecule is CCOP(C)(=O)Cc1cccc(CBr)c1. The summed E-state index contributed by atoms with van der Waals surface area (Å²) in [6.45, 7) is 4.06. The topological polar surface area (TPSA) is 26.3 Å². The second-order valence-electron chi connectivity index (χ2n) is 3.54. The Morgan fingerprint density at radius 3 is 2.67 bits per heavy atom. The van der Waals surface area contributed by atoms with Crippen LogP contribution in [0, 0.1) is 0 Å². The van der Waals surface area contributed by atoms with E-state index >= 15 is 0 Å². The van der Waals surface area contributed by atoms with Crippen LogP contribution in [-0.2, 0) is 20.6 Å². The average Bonchev–Trinajstić information content (AvgIpc) is 2.17. The van der Waals surface area contributed by atoms with E-state index in [9.17, 15) is 4.57 Å². The number of hydrogen-bond donors (Lipinski definition) is 0. The maximum atomic E-state index is 11.9. The van der Waals surface area contributed by atoms with Crippen molar-refractivity contribution in [1.82, 2.24) is 0 Å². The molecule has 0 spiro atoms. The quantitative estimate of drug-likeness (QED) is 0.605. The Morgan fingerprint density at radius 2 is 2.07 bits per heavy atom. The van der Waals surface area contributed by atoms with E-state index in [1.165, 1.54) is 5.56 Å². The van der Waals surface area contributed by atoms with Gasteiger partial charge in [0.25, 0.3) is 0 Å². The van der Waals surface area contributed by atoms with Crippen molar-refractivity contribution in [2.24, 2.45) is 0 Å². The molecule has 0 heterocycles. The number of halogens is 1. The fourth-order valence-electron chi connectivity index (χ4n) is 1.46. The van der Waals surface area contributed by atoms with Crippen molar-refractivity contribution in [3.8, 4) is 0 Å². The minimum absolute atomic E-state index is 0.506. The Hall–Kier alpha value is -0.110. The smallest absolute Gasteiger partial charge is 0.204 e. The van der Waals surface area contributed by atoms with E-state index in [-0.39, 0.29) is 0 Å². The number of hydrogen-bond acceptors (Lipinski definition) is 2. The lowest BCUT2D eigenvalue weighted by Gasteiger charge is -2.12. The van der Waals surface area contributed by atoms with Gasteiger partial charge >= 0.3 is 0 Å². The Morgan fingerprint density at radius 1 is 1.40 bits per heavy atom. The molecule has 0 N–H and O–H groups in total. The van der Waals surface area contributed by atoms with Crippen LogP contribution in [0.15, 0.2) is 24.3 Å². The predicted molar refractivity (Wildman–Crippen MR) is 67.9 cm³/mol. The van der Waals surface area contributed by atoms with Crippen LogP contribution in [0.5, 0.6) is 0 Å². The molecule has 1 aromatic carbocycles. The standard InChI is InChI=1S/C11H16BrO2P/c1-3-14-15(2,13)9-11-6-4-5-10(7-11)8-12/h4-7H,3,8-9H2,1-2H3. The summed E-state index contributed by atoms with van der Waals surface area (Å²) < 4.78 is 17.2. The maximum Gasteiger partial charge on any atom is 0.204 e. The Balaban J connectivity index is 2.75. The maximum absolute atomic E-state index is 11.9. The molecular weight excluding hydrogens is 275 g/mol. The lowest BCUT2D eigenvalue weighted by Crippen LogP contribution is -1.93. The highest BCUT2D eigenvalue weighted by Crippen LogP contribution is 2.46. The molecule has 15 heavy (non-hydrogen) atoms. The van der Waals surface area contributed by atoms with Gasteiger partial charge in [-0.25, -0.2) is 0 Å². The molecule has 0 aliphatic carbocycles. The largest absolute Gasteiger partial charge is 0.329 e. The lowest BCUT2D eigenvalue weighted by atomic mass is 10.2. The molecule has 1 unspecified atom stereocenters. The third-order valence-corrected chi connectivity index (χ3v) is 4.41. The third kappa shape index (κ3) is 4.50. The third-order valence-electron chi connectivity index (χ3n) is 2.02. The zero-order valence-corrected chi connectivity index (χ0v) is 11.6. The molecule has 84 valence electrons. The molecule has 0 radical (unpaired) electrons. The summed E-state index contributed by atoms with van der Waals surface area (Å²) in [5.41, 5.74) is 2.27. The molecule has 4 heteroatoms. The highest BCUT2D eigenvalue weighted by atomic mass is 79.9. The molecule has 1 atom stereocenters. The van der Waals surface area contributed by atoms with Crippen molar-refractivity contribution < 1.29 is 9.09 Å². The molecular formula is C11H16BrO2P. The predicted octanol–water partition coefficient (Wildman–Crippen LogP) is 4.03. The van der Waals surface area contributed by atoms with Gasteiger partial charge in [-0.2, -0.15) is 0 Å². The van der Waals surface area contributed by atoms with E-state index < -0.39 is 7.37 Å². The summed E-state index contributed by atoms with van der Waals surface area (Å²) in [6, 6.07) is 8.07. The molecule has 0 saturated heterocycles. The highest BCUT2D eigenvalue weighted by molar-refractivity contribution is 9.08. The van der Waals surface area contributed by atoms with Crippen molar-refractivity contribution in [3.63, 3.8) is 0 Å². The van der Waals surface area contributed by atoms with Crippen LogP contribution >= 0.6 is 23.3 Å². The van der Waals surface area contributed by atoms with Gasteiger partial charge in [0.1, 0.15) is 0 Å². The van der Waals surface area contributed by atoms with Crippen LogP contribution in [-0.4, -0.2) is 13.3 Å². The molecule has 0 amide bonds. The van der Waals surface area contributed by atoms with E-state index in [0.29, 0.717) is 12.8 Å². The summed E-state index contributed by atoms with van der Waals surface area (Å²) >= 11 is 3.40. The Bertz CT molecular complexity index is 365. The zero-order chi connectivity index (χ0) is 11.3. The summed E-state index contributed by atoms with van der Waals surface area (Å²) in [7, 11) is -2.46. The van der Waals surface area contributed by atoms with Gasteiger partial charge in [-0.1, -0.05) is 40.2 Å². The fraction of sp³-hybridized carbons (Fsp3) is 0.455.